The minimum Gasteiger partial charge on any atom is -0.507 e. The third kappa shape index (κ3) is 1.45. The zero-order chi connectivity index (χ0) is 9.97. The molecule has 2 rings (SSSR count). The first-order valence-electron chi connectivity index (χ1n) is 4.03. The average molecular weight is 192 g/mol. The van der Waals surface area contributed by atoms with E-state index in [0.717, 1.165) is 0 Å². The van der Waals surface area contributed by atoms with Gasteiger partial charge in [-0.2, -0.15) is 4.98 Å². The van der Waals surface area contributed by atoms with E-state index in [-0.39, 0.29) is 24.1 Å². The molecule has 1 aromatic heterocycles. The second-order valence-corrected chi connectivity index (χ2v) is 2.69. The number of aliphatic hydroxyl groups is 1. The monoisotopic (exact) mass is 192 g/mol. The van der Waals surface area contributed by atoms with Gasteiger partial charge in [-0.05, 0) is 12.1 Å². The zero-order valence-electron chi connectivity index (χ0n) is 7.21. The molecule has 72 valence electrons. The number of aromatic hydroxyl groups is 1. The summed E-state index contributed by atoms with van der Waals surface area (Å²) in [5, 5.41) is 21.7. The van der Waals surface area contributed by atoms with Gasteiger partial charge >= 0.3 is 0 Å². The van der Waals surface area contributed by atoms with Crippen molar-refractivity contribution in [3.8, 4) is 17.2 Å². The van der Waals surface area contributed by atoms with Gasteiger partial charge in [0.1, 0.15) is 12.4 Å². The van der Waals surface area contributed by atoms with Crippen molar-refractivity contribution >= 4 is 0 Å². The molecule has 0 unspecified atom stereocenters. The molecule has 1 aromatic carbocycles. The molecule has 2 aromatic rings. The van der Waals surface area contributed by atoms with E-state index in [9.17, 15) is 5.11 Å². The lowest BCUT2D eigenvalue weighted by Gasteiger charge is -1.96. The van der Waals surface area contributed by atoms with Crippen molar-refractivity contribution < 1.29 is 14.7 Å². The van der Waals surface area contributed by atoms with E-state index in [1.165, 1.54) is 6.07 Å². The first kappa shape index (κ1) is 8.71. The summed E-state index contributed by atoms with van der Waals surface area (Å²) in [6.07, 6.45) is 0. The summed E-state index contributed by atoms with van der Waals surface area (Å²) in [5.74, 6) is 0.469. The maximum atomic E-state index is 9.46. The summed E-state index contributed by atoms with van der Waals surface area (Å²) < 4.78 is 4.84. The van der Waals surface area contributed by atoms with Crippen LogP contribution >= 0.6 is 0 Å². The van der Waals surface area contributed by atoms with Gasteiger partial charge in [0.25, 0.3) is 5.89 Å². The van der Waals surface area contributed by atoms with Crippen LogP contribution in [0.15, 0.2) is 28.8 Å². The molecule has 0 aliphatic carbocycles. The van der Waals surface area contributed by atoms with Crippen molar-refractivity contribution in [2.75, 3.05) is 0 Å². The van der Waals surface area contributed by atoms with Gasteiger partial charge in [-0.1, -0.05) is 17.3 Å². The first-order chi connectivity index (χ1) is 6.81. The van der Waals surface area contributed by atoms with E-state index >= 15 is 0 Å². The van der Waals surface area contributed by atoms with E-state index in [0.29, 0.717) is 5.56 Å². The Morgan fingerprint density at radius 2 is 2.07 bits per heavy atom. The molecule has 0 radical (unpaired) electrons. The molecule has 0 saturated heterocycles. The van der Waals surface area contributed by atoms with Crippen LogP contribution in [-0.2, 0) is 6.61 Å². The molecule has 0 atom stereocenters. The lowest BCUT2D eigenvalue weighted by Crippen LogP contribution is -1.85. The summed E-state index contributed by atoms with van der Waals surface area (Å²) in [5.41, 5.74) is 0.458. The quantitative estimate of drug-likeness (QED) is 0.740. The van der Waals surface area contributed by atoms with E-state index in [1.807, 2.05) is 0 Å². The third-order valence-corrected chi connectivity index (χ3v) is 1.74. The molecule has 14 heavy (non-hydrogen) atoms. The Labute approximate surface area is 79.6 Å². The molecule has 0 fully saturated rings. The Hall–Kier alpha value is -1.88. The number of phenols is 1. The van der Waals surface area contributed by atoms with Gasteiger partial charge in [0.05, 0.1) is 5.56 Å². The highest BCUT2D eigenvalue weighted by Crippen LogP contribution is 2.26. The fourth-order valence-corrected chi connectivity index (χ4v) is 1.08. The number of aliphatic hydroxyl groups excluding tert-OH is 1. The second-order valence-electron chi connectivity index (χ2n) is 2.69. The fourth-order valence-electron chi connectivity index (χ4n) is 1.08. The number of phenolic OH excluding ortho intramolecular Hbond substituents is 1. The number of para-hydroxylation sites is 1. The number of nitrogens with zero attached hydrogens (tertiary/aromatic N) is 2. The number of benzene rings is 1. The van der Waals surface area contributed by atoms with Gasteiger partial charge in [0.15, 0.2) is 5.82 Å². The summed E-state index contributed by atoms with van der Waals surface area (Å²) in [6.45, 7) is -0.281. The maximum Gasteiger partial charge on any atom is 0.261 e. The molecule has 5 nitrogen and oxygen atoms in total. The van der Waals surface area contributed by atoms with Crippen LogP contribution in [0.1, 0.15) is 5.82 Å². The molecular weight excluding hydrogens is 184 g/mol. The highest BCUT2D eigenvalue weighted by atomic mass is 16.5. The van der Waals surface area contributed by atoms with E-state index in [1.54, 1.807) is 18.2 Å². The largest absolute Gasteiger partial charge is 0.507 e. The first-order valence-corrected chi connectivity index (χ1v) is 4.03. The van der Waals surface area contributed by atoms with Crippen molar-refractivity contribution in [2.45, 2.75) is 6.61 Å². The molecule has 0 aliphatic heterocycles. The Balaban J connectivity index is 2.44. The Morgan fingerprint density at radius 3 is 2.71 bits per heavy atom. The molecule has 0 amide bonds. The van der Waals surface area contributed by atoms with Gasteiger partial charge in [-0.25, -0.2) is 0 Å². The number of hydrogen-bond acceptors (Lipinski definition) is 5. The van der Waals surface area contributed by atoms with Crippen LogP contribution in [0.2, 0.25) is 0 Å². The van der Waals surface area contributed by atoms with Crippen LogP contribution in [0.25, 0.3) is 11.5 Å². The maximum absolute atomic E-state index is 9.46. The summed E-state index contributed by atoms with van der Waals surface area (Å²) >= 11 is 0. The van der Waals surface area contributed by atoms with Gasteiger partial charge in [-0.15, -0.1) is 0 Å². The molecular formula is C9H8N2O3. The second kappa shape index (κ2) is 3.47. The summed E-state index contributed by atoms with van der Waals surface area (Å²) in [4.78, 5) is 3.87. The molecule has 1 heterocycles. The van der Waals surface area contributed by atoms with Crippen molar-refractivity contribution in [3.63, 3.8) is 0 Å². The van der Waals surface area contributed by atoms with Crippen LogP contribution < -0.4 is 0 Å². The third-order valence-electron chi connectivity index (χ3n) is 1.74. The van der Waals surface area contributed by atoms with Crippen LogP contribution in [0.4, 0.5) is 0 Å². The van der Waals surface area contributed by atoms with Gasteiger partial charge < -0.3 is 14.7 Å². The molecule has 2 N–H and O–H groups in total. The average Bonchev–Trinajstić information content (AvgIpc) is 2.67. The smallest absolute Gasteiger partial charge is 0.261 e. The number of aromatic nitrogens is 2. The van der Waals surface area contributed by atoms with Crippen LogP contribution in [0.3, 0.4) is 0 Å². The molecule has 0 bridgehead atoms. The van der Waals surface area contributed by atoms with Crippen LogP contribution in [0, 0.1) is 0 Å². The number of hydrogen-bond donors (Lipinski definition) is 2. The fraction of sp³-hybridized carbons (Fsp3) is 0.111. The molecule has 0 spiro atoms. The topological polar surface area (TPSA) is 79.4 Å². The minimum absolute atomic E-state index is 0.0700. The lowest BCUT2D eigenvalue weighted by molar-refractivity contribution is 0.264. The minimum atomic E-state index is -0.281. The van der Waals surface area contributed by atoms with Crippen molar-refractivity contribution in [1.82, 2.24) is 10.1 Å². The lowest BCUT2D eigenvalue weighted by atomic mass is 10.2. The van der Waals surface area contributed by atoms with Crippen molar-refractivity contribution in [3.05, 3.63) is 30.1 Å². The highest BCUT2D eigenvalue weighted by molar-refractivity contribution is 5.61. The van der Waals surface area contributed by atoms with Gasteiger partial charge in [0, 0.05) is 0 Å². The Kier molecular flexibility index (Phi) is 2.16. The SMILES string of the molecule is OCc1noc(-c2ccccc2O)n1. The molecule has 0 aliphatic rings. The van der Waals surface area contributed by atoms with Gasteiger partial charge in [0.2, 0.25) is 0 Å². The Bertz CT molecular complexity index is 439. The van der Waals surface area contributed by atoms with E-state index in [2.05, 4.69) is 10.1 Å². The zero-order valence-corrected chi connectivity index (χ0v) is 7.21. The highest BCUT2D eigenvalue weighted by Gasteiger charge is 2.10. The standard InChI is InChI=1S/C9H8N2O3/c12-5-8-10-9(14-11-8)6-3-1-2-4-7(6)13/h1-4,12-13H,5H2. The molecule has 5 heteroatoms. The predicted octanol–water partition coefficient (Wildman–Crippen LogP) is 0.934. The van der Waals surface area contributed by atoms with E-state index < -0.39 is 0 Å². The Morgan fingerprint density at radius 1 is 1.29 bits per heavy atom. The van der Waals surface area contributed by atoms with Crippen molar-refractivity contribution in [1.29, 1.82) is 0 Å². The van der Waals surface area contributed by atoms with Crippen molar-refractivity contribution in [2.24, 2.45) is 0 Å². The van der Waals surface area contributed by atoms with Crippen LogP contribution in [-0.4, -0.2) is 20.4 Å². The normalized spacial score (nSPS) is 10.4. The number of rotatable bonds is 2. The molecule has 0 saturated carbocycles. The predicted molar refractivity (Wildman–Crippen MR) is 47.3 cm³/mol. The van der Waals surface area contributed by atoms with Gasteiger partial charge in [-0.3, -0.25) is 0 Å². The summed E-state index contributed by atoms with van der Waals surface area (Å²) in [6, 6.07) is 6.63. The van der Waals surface area contributed by atoms with Crippen LogP contribution in [0.5, 0.6) is 5.75 Å². The van der Waals surface area contributed by atoms with E-state index in [4.69, 9.17) is 9.63 Å². The summed E-state index contributed by atoms with van der Waals surface area (Å²) in [7, 11) is 0.